The van der Waals surface area contributed by atoms with Crippen LogP contribution < -0.4 is 11.3 Å². The number of hydrazine groups is 1. The third-order valence-corrected chi connectivity index (χ3v) is 3.88. The third kappa shape index (κ3) is 2.21. The van der Waals surface area contributed by atoms with E-state index in [0.717, 1.165) is 20.8 Å². The van der Waals surface area contributed by atoms with E-state index in [-0.39, 0.29) is 5.91 Å². The van der Waals surface area contributed by atoms with Crippen molar-refractivity contribution in [1.82, 2.24) is 10.4 Å². The smallest absolute Gasteiger partial charge is 0.265 e. The minimum Gasteiger partial charge on any atom is -0.290 e. The number of hydrogen-bond donors (Lipinski definition) is 2. The molecule has 0 saturated carbocycles. The van der Waals surface area contributed by atoms with Crippen molar-refractivity contribution in [3.63, 3.8) is 0 Å². The fourth-order valence-corrected chi connectivity index (χ4v) is 2.83. The van der Waals surface area contributed by atoms with Gasteiger partial charge < -0.3 is 0 Å². The Hall–Kier alpha value is -2.24. The summed E-state index contributed by atoms with van der Waals surface area (Å²) in [5.41, 5.74) is 4.55. The molecule has 4 nitrogen and oxygen atoms in total. The van der Waals surface area contributed by atoms with Crippen LogP contribution >= 0.6 is 11.3 Å². The highest BCUT2D eigenvalue weighted by atomic mass is 32.1. The molecule has 0 aliphatic carbocycles. The molecule has 0 spiro atoms. The van der Waals surface area contributed by atoms with Crippen LogP contribution in [0.3, 0.4) is 0 Å². The Bertz CT molecular complexity index is 718. The van der Waals surface area contributed by atoms with Gasteiger partial charge in [0.05, 0.1) is 10.2 Å². The molecule has 0 atom stereocenters. The fourth-order valence-electron chi connectivity index (χ4n) is 1.87. The molecular formula is C14H11N3OS. The normalized spacial score (nSPS) is 10.6. The monoisotopic (exact) mass is 269 g/mol. The number of amides is 1. The Kier molecular flexibility index (Phi) is 2.98. The molecule has 94 valence electrons. The molecule has 5 heteroatoms. The van der Waals surface area contributed by atoms with Crippen LogP contribution in [0, 0.1) is 0 Å². The minimum atomic E-state index is -0.303. The number of carbonyl (C=O) groups excluding carboxylic acids is 1. The van der Waals surface area contributed by atoms with E-state index in [1.165, 1.54) is 0 Å². The molecule has 1 amide bonds. The van der Waals surface area contributed by atoms with Crippen LogP contribution in [0.1, 0.15) is 10.4 Å². The number of nitrogens with zero attached hydrogens (tertiary/aromatic N) is 1. The summed E-state index contributed by atoms with van der Waals surface area (Å²) in [4.78, 5) is 16.1. The van der Waals surface area contributed by atoms with E-state index < -0.39 is 0 Å². The van der Waals surface area contributed by atoms with Crippen LogP contribution in [-0.2, 0) is 0 Å². The molecule has 0 unspecified atom stereocenters. The van der Waals surface area contributed by atoms with Crippen LogP contribution in [0.25, 0.3) is 20.8 Å². The van der Waals surface area contributed by atoms with Crippen molar-refractivity contribution >= 4 is 27.5 Å². The largest absolute Gasteiger partial charge is 0.290 e. The van der Waals surface area contributed by atoms with E-state index in [2.05, 4.69) is 10.4 Å². The number of thiazole rings is 1. The summed E-state index contributed by atoms with van der Waals surface area (Å²) in [5.74, 6) is 4.84. The number of rotatable bonds is 2. The third-order valence-electron chi connectivity index (χ3n) is 2.80. The standard InChI is InChI=1S/C14H11N3OS/c15-17-13(18)9-4-3-5-10(8-9)14-16-11-6-1-2-7-12(11)19-14/h1-8H,15H2,(H,17,18). The molecule has 0 radical (unpaired) electrons. The number of carbonyl (C=O) groups is 1. The van der Waals surface area contributed by atoms with Crippen LogP contribution in [-0.4, -0.2) is 10.9 Å². The van der Waals surface area contributed by atoms with E-state index in [1.807, 2.05) is 36.4 Å². The molecule has 0 saturated heterocycles. The zero-order valence-corrected chi connectivity index (χ0v) is 10.8. The van der Waals surface area contributed by atoms with Gasteiger partial charge in [0, 0.05) is 11.1 Å². The van der Waals surface area contributed by atoms with E-state index in [1.54, 1.807) is 23.5 Å². The summed E-state index contributed by atoms with van der Waals surface area (Å²) in [6.45, 7) is 0. The molecule has 0 fully saturated rings. The quantitative estimate of drug-likeness (QED) is 0.427. The summed E-state index contributed by atoms with van der Waals surface area (Å²) in [6.07, 6.45) is 0. The second kappa shape index (κ2) is 4.79. The Morgan fingerprint density at radius 2 is 2.00 bits per heavy atom. The predicted molar refractivity (Wildman–Crippen MR) is 76.7 cm³/mol. The van der Waals surface area contributed by atoms with E-state index >= 15 is 0 Å². The van der Waals surface area contributed by atoms with Crippen molar-refractivity contribution in [3.8, 4) is 10.6 Å². The highest BCUT2D eigenvalue weighted by molar-refractivity contribution is 7.21. The maximum atomic E-state index is 11.5. The number of para-hydroxylation sites is 1. The summed E-state index contributed by atoms with van der Waals surface area (Å²) in [5, 5.41) is 0.896. The lowest BCUT2D eigenvalue weighted by atomic mass is 10.1. The zero-order valence-electron chi connectivity index (χ0n) is 9.96. The fraction of sp³-hybridized carbons (Fsp3) is 0. The van der Waals surface area contributed by atoms with Gasteiger partial charge in [-0.1, -0.05) is 24.3 Å². The van der Waals surface area contributed by atoms with Crippen LogP contribution in [0.4, 0.5) is 0 Å². The van der Waals surface area contributed by atoms with Crippen molar-refractivity contribution in [2.45, 2.75) is 0 Å². The van der Waals surface area contributed by atoms with Gasteiger partial charge in [-0.3, -0.25) is 10.2 Å². The van der Waals surface area contributed by atoms with E-state index in [4.69, 9.17) is 5.84 Å². The molecule has 3 N–H and O–H groups in total. The SMILES string of the molecule is NNC(=O)c1cccc(-c2nc3ccccc3s2)c1. The van der Waals surface area contributed by atoms with Gasteiger partial charge in [-0.05, 0) is 24.3 Å². The number of aromatic nitrogens is 1. The molecule has 1 aromatic heterocycles. The Morgan fingerprint density at radius 1 is 1.16 bits per heavy atom. The summed E-state index contributed by atoms with van der Waals surface area (Å²) in [6, 6.07) is 15.2. The lowest BCUT2D eigenvalue weighted by molar-refractivity contribution is 0.0953. The molecule has 3 aromatic rings. The molecule has 3 rings (SSSR count). The molecule has 1 heterocycles. The average Bonchev–Trinajstić information content (AvgIpc) is 2.90. The zero-order chi connectivity index (χ0) is 13.2. The summed E-state index contributed by atoms with van der Waals surface area (Å²) < 4.78 is 1.13. The van der Waals surface area contributed by atoms with Crippen LogP contribution in [0.5, 0.6) is 0 Å². The number of nitrogen functional groups attached to an aromatic ring is 1. The van der Waals surface area contributed by atoms with Gasteiger partial charge in [0.2, 0.25) is 0 Å². The average molecular weight is 269 g/mol. The first-order chi connectivity index (χ1) is 9.28. The Morgan fingerprint density at radius 3 is 2.79 bits per heavy atom. The van der Waals surface area contributed by atoms with Crippen LogP contribution in [0.2, 0.25) is 0 Å². The highest BCUT2D eigenvalue weighted by Crippen LogP contribution is 2.30. The van der Waals surface area contributed by atoms with Gasteiger partial charge in [0.1, 0.15) is 5.01 Å². The number of benzene rings is 2. The number of hydrogen-bond acceptors (Lipinski definition) is 4. The summed E-state index contributed by atoms with van der Waals surface area (Å²) >= 11 is 1.60. The van der Waals surface area contributed by atoms with Crippen molar-refractivity contribution in [3.05, 3.63) is 54.1 Å². The topological polar surface area (TPSA) is 68.0 Å². The molecule has 2 aromatic carbocycles. The van der Waals surface area contributed by atoms with Crippen LogP contribution in [0.15, 0.2) is 48.5 Å². The van der Waals surface area contributed by atoms with Gasteiger partial charge in [-0.25, -0.2) is 10.8 Å². The summed E-state index contributed by atoms with van der Waals surface area (Å²) in [7, 11) is 0. The molecule has 19 heavy (non-hydrogen) atoms. The molecular weight excluding hydrogens is 258 g/mol. The van der Waals surface area contributed by atoms with Crippen molar-refractivity contribution < 1.29 is 4.79 Å². The number of fused-ring (bicyclic) bond motifs is 1. The molecule has 0 aliphatic rings. The Labute approximate surface area is 113 Å². The first kappa shape index (κ1) is 11.8. The minimum absolute atomic E-state index is 0.303. The Balaban J connectivity index is 2.08. The van der Waals surface area contributed by atoms with Gasteiger partial charge in [0.15, 0.2) is 0 Å². The first-order valence-electron chi connectivity index (χ1n) is 5.75. The van der Waals surface area contributed by atoms with Crippen molar-refractivity contribution in [2.75, 3.05) is 0 Å². The van der Waals surface area contributed by atoms with Crippen molar-refractivity contribution in [1.29, 1.82) is 0 Å². The second-order valence-corrected chi connectivity index (χ2v) is 5.07. The predicted octanol–water partition coefficient (Wildman–Crippen LogP) is 2.57. The van der Waals surface area contributed by atoms with E-state index in [9.17, 15) is 4.79 Å². The molecule has 0 aliphatic heterocycles. The maximum absolute atomic E-state index is 11.5. The maximum Gasteiger partial charge on any atom is 0.265 e. The number of nitrogens with one attached hydrogen (secondary N) is 1. The van der Waals surface area contributed by atoms with Gasteiger partial charge in [-0.15, -0.1) is 11.3 Å². The second-order valence-electron chi connectivity index (χ2n) is 4.04. The number of nitrogens with two attached hydrogens (primary N) is 1. The lowest BCUT2D eigenvalue weighted by Gasteiger charge is -2.01. The van der Waals surface area contributed by atoms with Gasteiger partial charge in [0.25, 0.3) is 5.91 Å². The highest BCUT2D eigenvalue weighted by Gasteiger charge is 2.09. The molecule has 0 bridgehead atoms. The van der Waals surface area contributed by atoms with E-state index in [0.29, 0.717) is 5.56 Å². The van der Waals surface area contributed by atoms with Gasteiger partial charge >= 0.3 is 0 Å². The first-order valence-corrected chi connectivity index (χ1v) is 6.56. The van der Waals surface area contributed by atoms with Crippen molar-refractivity contribution in [2.24, 2.45) is 5.84 Å². The van der Waals surface area contributed by atoms with Gasteiger partial charge in [-0.2, -0.15) is 0 Å². The lowest BCUT2D eigenvalue weighted by Crippen LogP contribution is -2.29.